The number of likely N-dealkylation sites (N-methyl/N-ethyl adjacent to an activating group) is 1. The molecule has 0 fully saturated rings. The maximum Gasteiger partial charge on any atom is 0.255 e. The van der Waals surface area contributed by atoms with Crippen molar-refractivity contribution in [2.45, 2.75) is 13.8 Å². The van der Waals surface area contributed by atoms with Gasteiger partial charge < -0.3 is 10.6 Å². The van der Waals surface area contributed by atoms with Crippen molar-refractivity contribution >= 4 is 5.91 Å². The fraction of sp³-hybridized carbons (Fsp3) is 0.600. The molecule has 0 saturated carbocycles. The van der Waals surface area contributed by atoms with Crippen LogP contribution in [0.2, 0.25) is 0 Å². The van der Waals surface area contributed by atoms with Crippen molar-refractivity contribution in [3.05, 3.63) is 17.0 Å². The minimum absolute atomic E-state index is 0.0478. The summed E-state index contributed by atoms with van der Waals surface area (Å²) in [7, 11) is 3.69. The van der Waals surface area contributed by atoms with E-state index in [0.29, 0.717) is 12.1 Å². The monoisotopic (exact) mass is 210 g/mol. The Morgan fingerprint density at radius 3 is 2.53 bits per heavy atom. The molecule has 0 saturated heterocycles. The molecule has 2 N–H and O–H groups in total. The van der Waals surface area contributed by atoms with Crippen molar-refractivity contribution < 1.29 is 4.79 Å². The molecule has 1 aromatic heterocycles. The number of hydrogen-bond acceptors (Lipinski definition) is 3. The highest BCUT2D eigenvalue weighted by Gasteiger charge is 2.16. The topological polar surface area (TPSA) is 58.9 Å². The highest BCUT2D eigenvalue weighted by molar-refractivity contribution is 5.96. The second kappa shape index (κ2) is 4.93. The number of amides is 1. The van der Waals surface area contributed by atoms with Crippen molar-refractivity contribution in [2.24, 2.45) is 7.05 Å². The predicted molar refractivity (Wildman–Crippen MR) is 58.9 cm³/mol. The molecule has 5 heteroatoms. The van der Waals surface area contributed by atoms with Crippen molar-refractivity contribution in [1.82, 2.24) is 20.4 Å². The lowest BCUT2D eigenvalue weighted by molar-refractivity contribution is 0.0953. The average Bonchev–Trinajstić information content (AvgIpc) is 2.41. The maximum atomic E-state index is 11.8. The van der Waals surface area contributed by atoms with E-state index in [2.05, 4.69) is 15.7 Å². The van der Waals surface area contributed by atoms with Crippen LogP contribution < -0.4 is 10.6 Å². The van der Waals surface area contributed by atoms with Gasteiger partial charge in [-0.15, -0.1) is 0 Å². The molecule has 1 amide bonds. The first-order valence-electron chi connectivity index (χ1n) is 5.01. The number of aryl methyl sites for hydroxylation is 2. The summed E-state index contributed by atoms with van der Waals surface area (Å²) in [5, 5.41) is 10.0. The number of nitrogens with one attached hydrogen (secondary N) is 2. The van der Waals surface area contributed by atoms with Crippen LogP contribution in [0.15, 0.2) is 0 Å². The van der Waals surface area contributed by atoms with E-state index >= 15 is 0 Å². The average molecular weight is 210 g/mol. The Morgan fingerprint density at radius 2 is 2.07 bits per heavy atom. The van der Waals surface area contributed by atoms with E-state index in [4.69, 9.17) is 0 Å². The molecular formula is C10H18N4O. The third-order valence-electron chi connectivity index (χ3n) is 2.40. The number of hydrogen-bond donors (Lipinski definition) is 2. The number of aromatic nitrogens is 2. The lowest BCUT2D eigenvalue weighted by atomic mass is 10.2. The van der Waals surface area contributed by atoms with E-state index in [1.165, 1.54) is 0 Å². The second-order valence-corrected chi connectivity index (χ2v) is 3.53. The number of carbonyl (C=O) groups is 1. The quantitative estimate of drug-likeness (QED) is 0.687. The highest BCUT2D eigenvalue weighted by atomic mass is 16.1. The molecule has 5 nitrogen and oxygen atoms in total. The van der Waals surface area contributed by atoms with Gasteiger partial charge in [0, 0.05) is 25.8 Å². The molecule has 1 aromatic rings. The van der Waals surface area contributed by atoms with Gasteiger partial charge in [0.2, 0.25) is 0 Å². The third kappa shape index (κ3) is 2.56. The van der Waals surface area contributed by atoms with E-state index in [1.54, 1.807) is 4.68 Å². The van der Waals surface area contributed by atoms with Crippen LogP contribution in [0.1, 0.15) is 21.7 Å². The third-order valence-corrected chi connectivity index (χ3v) is 2.40. The molecule has 84 valence electrons. The largest absolute Gasteiger partial charge is 0.351 e. The van der Waals surface area contributed by atoms with Crippen LogP contribution >= 0.6 is 0 Å². The van der Waals surface area contributed by atoms with E-state index in [-0.39, 0.29) is 5.91 Å². The molecule has 0 radical (unpaired) electrons. The lowest BCUT2D eigenvalue weighted by Crippen LogP contribution is -2.31. The molecule has 0 aliphatic heterocycles. The van der Waals surface area contributed by atoms with Crippen LogP contribution in [0.3, 0.4) is 0 Å². The van der Waals surface area contributed by atoms with Crippen LogP contribution in [0.25, 0.3) is 0 Å². The summed E-state index contributed by atoms with van der Waals surface area (Å²) in [5.74, 6) is -0.0478. The van der Waals surface area contributed by atoms with Gasteiger partial charge in [0.1, 0.15) is 0 Å². The SMILES string of the molecule is CNCCNC(=O)c1c(C)nn(C)c1C. The zero-order valence-electron chi connectivity index (χ0n) is 9.72. The van der Waals surface area contributed by atoms with E-state index in [1.807, 2.05) is 27.9 Å². The first-order chi connectivity index (χ1) is 7.07. The van der Waals surface area contributed by atoms with Gasteiger partial charge in [0.05, 0.1) is 11.3 Å². The summed E-state index contributed by atoms with van der Waals surface area (Å²) in [6.07, 6.45) is 0. The first kappa shape index (κ1) is 11.7. The highest BCUT2D eigenvalue weighted by Crippen LogP contribution is 2.10. The maximum absolute atomic E-state index is 11.8. The summed E-state index contributed by atoms with van der Waals surface area (Å²) in [6.45, 7) is 5.14. The second-order valence-electron chi connectivity index (χ2n) is 3.53. The van der Waals surface area contributed by atoms with Crippen molar-refractivity contribution in [3.8, 4) is 0 Å². The minimum Gasteiger partial charge on any atom is -0.351 e. The zero-order valence-corrected chi connectivity index (χ0v) is 9.72. The molecule has 0 aromatic carbocycles. The van der Waals surface area contributed by atoms with Crippen LogP contribution in [0.5, 0.6) is 0 Å². The summed E-state index contributed by atoms with van der Waals surface area (Å²) >= 11 is 0. The number of nitrogens with zero attached hydrogens (tertiary/aromatic N) is 2. The van der Waals surface area contributed by atoms with E-state index < -0.39 is 0 Å². The number of rotatable bonds is 4. The van der Waals surface area contributed by atoms with Gasteiger partial charge in [0.25, 0.3) is 5.91 Å². The molecule has 1 heterocycles. The Hall–Kier alpha value is -1.36. The Morgan fingerprint density at radius 1 is 1.40 bits per heavy atom. The number of carbonyl (C=O) groups excluding carboxylic acids is 1. The molecular weight excluding hydrogens is 192 g/mol. The van der Waals surface area contributed by atoms with Gasteiger partial charge in [-0.25, -0.2) is 0 Å². The predicted octanol–water partition coefficient (Wildman–Crippen LogP) is -0.0139. The van der Waals surface area contributed by atoms with Crippen molar-refractivity contribution in [3.63, 3.8) is 0 Å². The normalized spacial score (nSPS) is 10.4. The molecule has 1 rings (SSSR count). The molecule has 0 aliphatic carbocycles. The van der Waals surface area contributed by atoms with Gasteiger partial charge in [-0.2, -0.15) is 5.10 Å². The van der Waals surface area contributed by atoms with Crippen LogP contribution in [-0.2, 0) is 7.05 Å². The van der Waals surface area contributed by atoms with Gasteiger partial charge in [-0.05, 0) is 20.9 Å². The molecule has 0 atom stereocenters. The summed E-state index contributed by atoms with van der Waals surface area (Å²) < 4.78 is 1.72. The van der Waals surface area contributed by atoms with Gasteiger partial charge in [-0.3, -0.25) is 9.48 Å². The Balaban J connectivity index is 2.73. The Kier molecular flexibility index (Phi) is 3.85. The first-order valence-corrected chi connectivity index (χ1v) is 5.01. The fourth-order valence-corrected chi connectivity index (χ4v) is 1.49. The van der Waals surface area contributed by atoms with E-state index in [0.717, 1.165) is 17.9 Å². The van der Waals surface area contributed by atoms with Gasteiger partial charge in [-0.1, -0.05) is 0 Å². The lowest BCUT2D eigenvalue weighted by Gasteiger charge is -2.04. The van der Waals surface area contributed by atoms with Gasteiger partial charge >= 0.3 is 0 Å². The molecule has 15 heavy (non-hydrogen) atoms. The Labute approximate surface area is 89.9 Å². The van der Waals surface area contributed by atoms with Crippen LogP contribution in [-0.4, -0.2) is 35.8 Å². The fourth-order valence-electron chi connectivity index (χ4n) is 1.49. The van der Waals surface area contributed by atoms with Crippen LogP contribution in [0, 0.1) is 13.8 Å². The summed E-state index contributed by atoms with van der Waals surface area (Å²) in [4.78, 5) is 11.8. The molecule has 0 unspecified atom stereocenters. The summed E-state index contributed by atoms with van der Waals surface area (Å²) in [5.41, 5.74) is 2.36. The minimum atomic E-state index is -0.0478. The zero-order chi connectivity index (χ0) is 11.4. The van der Waals surface area contributed by atoms with Crippen molar-refractivity contribution in [2.75, 3.05) is 20.1 Å². The molecule has 0 aliphatic rings. The van der Waals surface area contributed by atoms with Crippen molar-refractivity contribution in [1.29, 1.82) is 0 Å². The van der Waals surface area contributed by atoms with Gasteiger partial charge in [0.15, 0.2) is 0 Å². The van der Waals surface area contributed by atoms with Crippen LogP contribution in [0.4, 0.5) is 0 Å². The Bertz CT molecular complexity index is 357. The standard InChI is InChI=1S/C10H18N4O/c1-7-9(8(2)14(4)13-7)10(15)12-6-5-11-3/h11H,5-6H2,1-4H3,(H,12,15). The molecule has 0 bridgehead atoms. The smallest absolute Gasteiger partial charge is 0.255 e. The van der Waals surface area contributed by atoms with E-state index in [9.17, 15) is 4.79 Å². The summed E-state index contributed by atoms with van der Waals surface area (Å²) in [6, 6.07) is 0. The molecule has 0 spiro atoms.